The summed E-state index contributed by atoms with van der Waals surface area (Å²) in [5.74, 6) is 0.155. The number of carbonyl (C=O) groups is 1. The molecule has 1 heterocycles. The Labute approximate surface area is 138 Å². The quantitative estimate of drug-likeness (QED) is 0.835. The van der Waals surface area contributed by atoms with Crippen LogP contribution in [0.4, 0.5) is 0 Å². The van der Waals surface area contributed by atoms with Gasteiger partial charge in [0.2, 0.25) is 0 Å². The van der Waals surface area contributed by atoms with E-state index in [2.05, 4.69) is 6.92 Å². The van der Waals surface area contributed by atoms with Gasteiger partial charge in [-0.15, -0.1) is 0 Å². The van der Waals surface area contributed by atoms with Crippen molar-refractivity contribution in [1.29, 1.82) is 0 Å². The number of aryl methyl sites for hydroxylation is 1. The molecule has 0 unspecified atom stereocenters. The first kappa shape index (κ1) is 16.0. The van der Waals surface area contributed by atoms with Crippen LogP contribution in [0.25, 0.3) is 10.9 Å². The first-order valence-corrected chi connectivity index (χ1v) is 8.78. The van der Waals surface area contributed by atoms with E-state index in [-0.39, 0.29) is 5.91 Å². The zero-order valence-corrected chi connectivity index (χ0v) is 14.4. The molecule has 0 radical (unpaired) electrons. The molecule has 3 nitrogen and oxygen atoms in total. The van der Waals surface area contributed by atoms with Crippen LogP contribution < -0.4 is 0 Å². The third-order valence-corrected chi connectivity index (χ3v) is 5.23. The molecule has 0 spiro atoms. The summed E-state index contributed by atoms with van der Waals surface area (Å²) in [5, 5.41) is 0.981. The van der Waals surface area contributed by atoms with Gasteiger partial charge in [0.1, 0.15) is 0 Å². The van der Waals surface area contributed by atoms with Gasteiger partial charge in [0.15, 0.2) is 0 Å². The fourth-order valence-electron chi connectivity index (χ4n) is 3.79. The molecule has 0 bridgehead atoms. The molecule has 3 heteroatoms. The lowest BCUT2D eigenvalue weighted by Crippen LogP contribution is -2.38. The van der Waals surface area contributed by atoms with Crippen LogP contribution in [0, 0.1) is 6.92 Å². The minimum atomic E-state index is 0.155. The number of pyridine rings is 1. The summed E-state index contributed by atoms with van der Waals surface area (Å²) < 4.78 is 0. The number of hydrogen-bond acceptors (Lipinski definition) is 2. The van der Waals surface area contributed by atoms with Crippen molar-refractivity contribution in [2.24, 2.45) is 0 Å². The number of hydrogen-bond donors (Lipinski definition) is 0. The fourth-order valence-corrected chi connectivity index (χ4v) is 3.79. The molecule has 1 amide bonds. The maximum absolute atomic E-state index is 13.2. The van der Waals surface area contributed by atoms with E-state index in [1.807, 2.05) is 43.1 Å². The molecule has 1 aliphatic carbocycles. The molecular formula is C20H26N2O. The number of benzene rings is 1. The Balaban J connectivity index is 2.06. The van der Waals surface area contributed by atoms with Gasteiger partial charge < -0.3 is 4.90 Å². The summed E-state index contributed by atoms with van der Waals surface area (Å²) in [4.78, 5) is 20.0. The van der Waals surface area contributed by atoms with Crippen LogP contribution in [0.2, 0.25) is 0 Å². The molecule has 0 N–H and O–H groups in total. The average Bonchev–Trinajstić information content (AvgIpc) is 2.60. The number of carbonyl (C=O) groups excluding carboxylic acids is 1. The first-order chi connectivity index (χ1) is 11.1. The second-order valence-corrected chi connectivity index (χ2v) is 6.64. The second-order valence-electron chi connectivity index (χ2n) is 6.64. The second kappa shape index (κ2) is 6.69. The molecule has 3 rings (SSSR count). The number of fused-ring (bicyclic) bond motifs is 1. The fraction of sp³-hybridized carbons (Fsp3) is 0.500. The Morgan fingerprint density at radius 3 is 2.61 bits per heavy atom. The molecule has 23 heavy (non-hydrogen) atoms. The van der Waals surface area contributed by atoms with Gasteiger partial charge >= 0.3 is 0 Å². The summed E-state index contributed by atoms with van der Waals surface area (Å²) >= 11 is 0. The topological polar surface area (TPSA) is 33.2 Å². The van der Waals surface area contributed by atoms with Crippen LogP contribution in [-0.4, -0.2) is 28.9 Å². The highest BCUT2D eigenvalue weighted by atomic mass is 16.2. The number of rotatable bonds is 3. The third-order valence-electron chi connectivity index (χ3n) is 5.23. The van der Waals surface area contributed by atoms with E-state index in [1.165, 1.54) is 19.3 Å². The number of amides is 1. The van der Waals surface area contributed by atoms with E-state index in [0.29, 0.717) is 6.04 Å². The molecule has 1 fully saturated rings. The number of para-hydroxylation sites is 1. The van der Waals surface area contributed by atoms with E-state index in [1.54, 1.807) is 0 Å². The van der Waals surface area contributed by atoms with E-state index in [9.17, 15) is 4.79 Å². The van der Waals surface area contributed by atoms with Crippen LogP contribution in [0.15, 0.2) is 24.3 Å². The van der Waals surface area contributed by atoms with Crippen molar-refractivity contribution >= 4 is 16.8 Å². The van der Waals surface area contributed by atoms with Crippen LogP contribution in [-0.2, 0) is 6.42 Å². The van der Waals surface area contributed by atoms with Gasteiger partial charge in [-0.1, -0.05) is 44.4 Å². The minimum Gasteiger partial charge on any atom is -0.339 e. The van der Waals surface area contributed by atoms with E-state index >= 15 is 0 Å². The van der Waals surface area contributed by atoms with Gasteiger partial charge in [0.05, 0.1) is 11.1 Å². The predicted octanol–water partition coefficient (Wildman–Crippen LogP) is 4.51. The van der Waals surface area contributed by atoms with Crippen molar-refractivity contribution in [3.05, 3.63) is 41.1 Å². The van der Waals surface area contributed by atoms with Crippen molar-refractivity contribution in [3.8, 4) is 0 Å². The lowest BCUT2D eigenvalue weighted by molar-refractivity contribution is 0.0697. The molecule has 1 aromatic carbocycles. The summed E-state index contributed by atoms with van der Waals surface area (Å²) in [7, 11) is 1.97. The highest BCUT2D eigenvalue weighted by Gasteiger charge is 2.26. The molecule has 0 aliphatic heterocycles. The standard InChI is InChI=1S/C20H26N2O/c1-4-17-14(2)19(16-12-8-9-13-18(16)21-17)20(23)22(3)15-10-6-5-7-11-15/h8-9,12-13,15H,4-7,10-11H2,1-3H3. The Kier molecular flexibility index (Phi) is 4.65. The molecule has 2 aromatic rings. The highest BCUT2D eigenvalue weighted by Crippen LogP contribution is 2.28. The van der Waals surface area contributed by atoms with Gasteiger partial charge in [0.25, 0.3) is 5.91 Å². The molecule has 1 saturated carbocycles. The zero-order chi connectivity index (χ0) is 16.4. The van der Waals surface area contributed by atoms with Crippen molar-refractivity contribution in [2.45, 2.75) is 58.4 Å². The smallest absolute Gasteiger partial charge is 0.254 e. The van der Waals surface area contributed by atoms with Crippen LogP contribution >= 0.6 is 0 Å². The summed E-state index contributed by atoms with van der Waals surface area (Å²) in [6, 6.07) is 8.39. The molecule has 122 valence electrons. The van der Waals surface area contributed by atoms with Crippen molar-refractivity contribution in [1.82, 2.24) is 9.88 Å². The van der Waals surface area contributed by atoms with Gasteiger partial charge in [-0.25, -0.2) is 0 Å². The summed E-state index contributed by atoms with van der Waals surface area (Å²) in [6.07, 6.45) is 6.88. The third kappa shape index (κ3) is 2.97. The van der Waals surface area contributed by atoms with Gasteiger partial charge in [-0.3, -0.25) is 9.78 Å². The van der Waals surface area contributed by atoms with Crippen molar-refractivity contribution < 1.29 is 4.79 Å². The van der Waals surface area contributed by atoms with Crippen molar-refractivity contribution in [3.63, 3.8) is 0 Å². The molecular weight excluding hydrogens is 284 g/mol. The lowest BCUT2D eigenvalue weighted by Gasteiger charge is -2.32. The molecule has 1 aliphatic rings. The van der Waals surface area contributed by atoms with Gasteiger partial charge in [-0.05, 0) is 37.8 Å². The normalized spacial score (nSPS) is 15.8. The monoisotopic (exact) mass is 310 g/mol. The van der Waals surface area contributed by atoms with E-state index < -0.39 is 0 Å². The summed E-state index contributed by atoms with van der Waals surface area (Å²) in [6.45, 7) is 4.14. The van der Waals surface area contributed by atoms with E-state index in [0.717, 1.165) is 47.0 Å². The SMILES string of the molecule is CCc1nc2ccccc2c(C(=O)N(C)C2CCCCC2)c1C. The molecule has 0 saturated heterocycles. The van der Waals surface area contributed by atoms with Crippen molar-refractivity contribution in [2.75, 3.05) is 7.05 Å². The Bertz CT molecular complexity index is 717. The predicted molar refractivity (Wildman–Crippen MR) is 94.8 cm³/mol. The average molecular weight is 310 g/mol. The van der Waals surface area contributed by atoms with Gasteiger partial charge in [0, 0.05) is 24.2 Å². The zero-order valence-electron chi connectivity index (χ0n) is 14.4. The van der Waals surface area contributed by atoms with Crippen LogP contribution in [0.3, 0.4) is 0 Å². The largest absolute Gasteiger partial charge is 0.339 e. The van der Waals surface area contributed by atoms with E-state index in [4.69, 9.17) is 4.98 Å². The molecule has 1 aromatic heterocycles. The van der Waals surface area contributed by atoms with Crippen LogP contribution in [0.1, 0.15) is 60.6 Å². The number of nitrogens with zero attached hydrogens (tertiary/aromatic N) is 2. The highest BCUT2D eigenvalue weighted by molar-refractivity contribution is 6.07. The lowest BCUT2D eigenvalue weighted by atomic mass is 9.93. The Morgan fingerprint density at radius 2 is 1.91 bits per heavy atom. The minimum absolute atomic E-state index is 0.155. The Hall–Kier alpha value is -1.90. The maximum atomic E-state index is 13.2. The maximum Gasteiger partial charge on any atom is 0.254 e. The number of aromatic nitrogens is 1. The van der Waals surface area contributed by atoms with Crippen LogP contribution in [0.5, 0.6) is 0 Å². The Morgan fingerprint density at radius 1 is 1.22 bits per heavy atom. The van der Waals surface area contributed by atoms with Gasteiger partial charge in [-0.2, -0.15) is 0 Å². The first-order valence-electron chi connectivity index (χ1n) is 8.78. The summed E-state index contributed by atoms with van der Waals surface area (Å²) in [5.41, 5.74) is 3.85. The molecule has 0 atom stereocenters.